The predicted octanol–water partition coefficient (Wildman–Crippen LogP) is 5.37. The van der Waals surface area contributed by atoms with Crippen molar-refractivity contribution in [2.75, 3.05) is 0 Å². The maximum absolute atomic E-state index is 10.7. The van der Waals surface area contributed by atoms with Gasteiger partial charge in [0.25, 0.3) is 11.9 Å². The van der Waals surface area contributed by atoms with Crippen molar-refractivity contribution in [3.63, 3.8) is 0 Å². The van der Waals surface area contributed by atoms with Crippen LogP contribution in [0.3, 0.4) is 0 Å². The van der Waals surface area contributed by atoms with E-state index in [-0.39, 0.29) is 35.2 Å². The smallest absolute Gasteiger partial charge is 0.401 e. The monoisotopic (exact) mass is 485 g/mol. The number of rotatable bonds is 9. The quantitative estimate of drug-likeness (QED) is 0.171. The lowest BCUT2D eigenvalue weighted by Gasteiger charge is -2.01. The van der Waals surface area contributed by atoms with Crippen LogP contribution in [-0.2, 0) is 0 Å². The SMILES string of the molecule is O=[N+]([O-])c1ccc(/C=C/C=Nc2nc(N=C/C=C/c3ccc([N+](=O)[O-])o3)nc(-c3ccccc3)n2)o1. The summed E-state index contributed by atoms with van der Waals surface area (Å²) in [5, 5.41) is 21.4. The van der Waals surface area contributed by atoms with Gasteiger partial charge >= 0.3 is 11.8 Å². The van der Waals surface area contributed by atoms with Gasteiger partial charge in [0.2, 0.25) is 0 Å². The van der Waals surface area contributed by atoms with Gasteiger partial charge in [0, 0.05) is 18.0 Å². The molecule has 0 saturated heterocycles. The normalized spacial score (nSPS) is 11.9. The molecule has 0 aliphatic heterocycles. The number of hydrogen-bond acceptors (Lipinski definition) is 11. The molecule has 0 amide bonds. The Morgan fingerprint density at radius 3 is 1.64 bits per heavy atom. The lowest BCUT2D eigenvalue weighted by Crippen LogP contribution is -1.93. The Bertz CT molecular complexity index is 1410. The zero-order chi connectivity index (χ0) is 25.3. The van der Waals surface area contributed by atoms with Gasteiger partial charge in [0.15, 0.2) is 5.82 Å². The third kappa shape index (κ3) is 6.26. The minimum atomic E-state index is -0.628. The molecule has 0 unspecified atom stereocenters. The second-order valence-electron chi connectivity index (χ2n) is 6.77. The van der Waals surface area contributed by atoms with Gasteiger partial charge in [-0.15, -0.1) is 0 Å². The first-order valence-electron chi connectivity index (χ1n) is 10.2. The van der Waals surface area contributed by atoms with E-state index < -0.39 is 9.85 Å². The van der Waals surface area contributed by atoms with Gasteiger partial charge in [-0.3, -0.25) is 20.2 Å². The molecule has 0 fully saturated rings. The second-order valence-corrected chi connectivity index (χ2v) is 6.77. The van der Waals surface area contributed by atoms with Crippen LogP contribution in [0.4, 0.5) is 23.7 Å². The molecule has 36 heavy (non-hydrogen) atoms. The van der Waals surface area contributed by atoms with Gasteiger partial charge in [-0.25, -0.2) is 9.98 Å². The fraction of sp³-hybridized carbons (Fsp3) is 0. The molecular formula is C23H15N7O6. The number of benzene rings is 1. The van der Waals surface area contributed by atoms with Gasteiger partial charge in [-0.05, 0) is 36.4 Å². The number of aromatic nitrogens is 3. The van der Waals surface area contributed by atoms with Gasteiger partial charge in [0.1, 0.15) is 21.4 Å². The average Bonchev–Trinajstić information content (AvgIpc) is 3.55. The Morgan fingerprint density at radius 2 is 1.19 bits per heavy atom. The molecule has 0 N–H and O–H groups in total. The Labute approximate surface area is 202 Å². The highest BCUT2D eigenvalue weighted by Gasteiger charge is 2.11. The first-order chi connectivity index (χ1) is 17.5. The summed E-state index contributed by atoms with van der Waals surface area (Å²) in [6.07, 6.45) is 8.83. The zero-order valence-electron chi connectivity index (χ0n) is 18.2. The summed E-state index contributed by atoms with van der Waals surface area (Å²) in [6, 6.07) is 14.6. The van der Waals surface area contributed by atoms with Crippen molar-refractivity contribution in [3.05, 3.63) is 98.5 Å². The Balaban J connectivity index is 1.53. The maximum Gasteiger partial charge on any atom is 0.433 e. The molecule has 13 heteroatoms. The van der Waals surface area contributed by atoms with Crippen molar-refractivity contribution in [1.29, 1.82) is 0 Å². The zero-order valence-corrected chi connectivity index (χ0v) is 18.2. The van der Waals surface area contributed by atoms with Crippen molar-refractivity contribution in [1.82, 2.24) is 15.0 Å². The third-order valence-electron chi connectivity index (χ3n) is 4.30. The van der Waals surface area contributed by atoms with E-state index in [2.05, 4.69) is 24.9 Å². The largest absolute Gasteiger partial charge is 0.433 e. The molecule has 3 aromatic heterocycles. The molecule has 13 nitrogen and oxygen atoms in total. The molecule has 0 radical (unpaired) electrons. The van der Waals surface area contributed by atoms with E-state index in [0.717, 1.165) is 5.56 Å². The molecule has 3 heterocycles. The van der Waals surface area contributed by atoms with E-state index in [9.17, 15) is 20.2 Å². The summed E-state index contributed by atoms with van der Waals surface area (Å²) >= 11 is 0. The maximum atomic E-state index is 10.7. The Morgan fingerprint density at radius 1 is 0.694 bits per heavy atom. The summed E-state index contributed by atoms with van der Waals surface area (Å²) in [6.45, 7) is 0. The highest BCUT2D eigenvalue weighted by atomic mass is 16.7. The van der Waals surface area contributed by atoms with Crippen LogP contribution >= 0.6 is 0 Å². The summed E-state index contributed by atoms with van der Waals surface area (Å²) in [5.41, 5.74) is 0.727. The first kappa shape index (κ1) is 23.6. The van der Waals surface area contributed by atoms with E-state index in [1.165, 1.54) is 61.0 Å². The number of nitrogens with zero attached hydrogens (tertiary/aromatic N) is 7. The van der Waals surface area contributed by atoms with Gasteiger partial charge < -0.3 is 8.83 Å². The van der Waals surface area contributed by atoms with Crippen molar-refractivity contribution in [3.8, 4) is 11.4 Å². The average molecular weight is 485 g/mol. The summed E-state index contributed by atoms with van der Waals surface area (Å²) in [5.74, 6) is 0.354. The van der Waals surface area contributed by atoms with E-state index >= 15 is 0 Å². The second kappa shape index (κ2) is 11.0. The molecule has 1 aromatic carbocycles. The van der Waals surface area contributed by atoms with Crippen LogP contribution in [0, 0.1) is 20.2 Å². The summed E-state index contributed by atoms with van der Waals surface area (Å²) in [7, 11) is 0. The molecule has 4 aromatic rings. The van der Waals surface area contributed by atoms with Crippen molar-refractivity contribution >= 4 is 48.2 Å². The van der Waals surface area contributed by atoms with Crippen molar-refractivity contribution < 1.29 is 18.7 Å². The van der Waals surface area contributed by atoms with Gasteiger partial charge in [-0.1, -0.05) is 30.3 Å². The first-order valence-corrected chi connectivity index (χ1v) is 10.2. The molecule has 0 spiro atoms. The van der Waals surface area contributed by atoms with E-state index in [1.54, 1.807) is 0 Å². The van der Waals surface area contributed by atoms with Crippen LogP contribution < -0.4 is 0 Å². The minimum Gasteiger partial charge on any atom is -0.401 e. The van der Waals surface area contributed by atoms with Crippen LogP contribution in [0.5, 0.6) is 0 Å². The molecule has 0 aliphatic rings. The number of hydrogen-bond donors (Lipinski definition) is 0. The minimum absolute atomic E-state index is 0.0803. The lowest BCUT2D eigenvalue weighted by atomic mass is 10.2. The molecular weight excluding hydrogens is 470 g/mol. The highest BCUT2D eigenvalue weighted by molar-refractivity contribution is 5.80. The molecule has 4 rings (SSSR count). The van der Waals surface area contributed by atoms with Crippen LogP contribution in [0.2, 0.25) is 0 Å². The molecule has 0 saturated carbocycles. The van der Waals surface area contributed by atoms with E-state index in [4.69, 9.17) is 8.83 Å². The van der Waals surface area contributed by atoms with Crippen LogP contribution in [0.25, 0.3) is 23.5 Å². The number of allylic oxidation sites excluding steroid dienone is 2. The predicted molar refractivity (Wildman–Crippen MR) is 130 cm³/mol. The summed E-state index contributed by atoms with van der Waals surface area (Å²) < 4.78 is 10.1. The van der Waals surface area contributed by atoms with Crippen molar-refractivity contribution in [2.45, 2.75) is 0 Å². The van der Waals surface area contributed by atoms with E-state index in [1.807, 2.05) is 30.3 Å². The molecule has 0 aliphatic carbocycles. The molecule has 0 atom stereocenters. The Hall–Kier alpha value is -5.59. The Kier molecular flexibility index (Phi) is 7.21. The van der Waals surface area contributed by atoms with Crippen LogP contribution in [-0.4, -0.2) is 37.2 Å². The standard InChI is InChI=1S/C23H15N7O6/c31-29(32)19-12-10-17(35-19)8-4-14-24-22-26-21(16-6-2-1-3-7-16)27-23(28-22)25-15-5-9-18-11-13-20(36-18)30(33)34/h1-15H/b8-4+,9-5+,24-14?,25-15?. The third-order valence-corrected chi connectivity index (χ3v) is 4.30. The van der Waals surface area contributed by atoms with E-state index in [0.29, 0.717) is 5.82 Å². The lowest BCUT2D eigenvalue weighted by molar-refractivity contribution is -0.402. The highest BCUT2D eigenvalue weighted by Crippen LogP contribution is 2.21. The van der Waals surface area contributed by atoms with Crippen LogP contribution in [0.1, 0.15) is 11.5 Å². The number of nitro groups is 2. The fourth-order valence-corrected chi connectivity index (χ4v) is 2.74. The van der Waals surface area contributed by atoms with Gasteiger partial charge in [0.05, 0.1) is 12.1 Å². The number of furan rings is 2. The van der Waals surface area contributed by atoms with Crippen LogP contribution in [0.15, 0.2) is 85.6 Å². The fourth-order valence-electron chi connectivity index (χ4n) is 2.74. The topological polar surface area (TPSA) is 176 Å². The summed E-state index contributed by atoms with van der Waals surface area (Å²) in [4.78, 5) is 41.4. The molecule has 178 valence electrons. The van der Waals surface area contributed by atoms with Gasteiger partial charge in [-0.2, -0.15) is 15.0 Å². The number of aliphatic imine (C=N–C) groups is 2. The molecule has 0 bridgehead atoms. The van der Waals surface area contributed by atoms with Crippen molar-refractivity contribution in [2.24, 2.45) is 9.98 Å².